The van der Waals surface area contributed by atoms with Gasteiger partial charge in [0.25, 0.3) is 5.91 Å². The molecule has 4 aliphatic rings. The summed E-state index contributed by atoms with van der Waals surface area (Å²) in [6.45, 7) is 8.27. The maximum Gasteiger partial charge on any atom is 0.305 e. The molecule has 10 nitrogen and oxygen atoms in total. The van der Waals surface area contributed by atoms with E-state index in [-0.39, 0.29) is 69.9 Å². The number of ether oxygens (including phenoxy) is 1. The number of nitrogens with zero attached hydrogens (tertiary/aromatic N) is 3. The fraction of sp³-hybridized carbons (Fsp3) is 0.556. The van der Waals surface area contributed by atoms with Crippen molar-refractivity contribution in [2.75, 3.05) is 70.9 Å². The van der Waals surface area contributed by atoms with E-state index in [1.807, 2.05) is 11.0 Å². The molecule has 3 atom stereocenters. The van der Waals surface area contributed by atoms with Gasteiger partial charge in [-0.2, -0.15) is 0 Å². The zero-order valence-electron chi connectivity index (χ0n) is 34.0. The molecule has 3 aromatic rings. The molecule has 3 aliphatic heterocycles. The molecule has 0 radical (unpaired) electrons. The van der Waals surface area contributed by atoms with Gasteiger partial charge in [-0.15, -0.1) is 0 Å². The highest BCUT2D eigenvalue weighted by Crippen LogP contribution is 2.54. The first-order chi connectivity index (χ1) is 27.6. The number of rotatable bonds is 15. The molecule has 58 heavy (non-hydrogen) atoms. The number of nitrogens with one attached hydrogen (secondary N) is 1. The van der Waals surface area contributed by atoms with Crippen LogP contribution in [0.25, 0.3) is 0 Å². The molecule has 3 aromatic carbocycles. The minimum Gasteiger partial charge on any atom is -0.469 e. The van der Waals surface area contributed by atoms with Crippen molar-refractivity contribution in [2.45, 2.75) is 85.3 Å². The monoisotopic (exact) mass is 820 g/mol. The Bertz CT molecular complexity index is 2020. The van der Waals surface area contributed by atoms with Crippen molar-refractivity contribution in [3.8, 4) is 0 Å². The van der Waals surface area contributed by atoms with Gasteiger partial charge in [0.05, 0.1) is 35.6 Å². The number of hydrogen-bond acceptors (Lipinski definition) is 9. The third kappa shape index (κ3) is 9.12. The van der Waals surface area contributed by atoms with Crippen LogP contribution in [0.3, 0.4) is 0 Å². The SMILES string of the molecule is COC(=O)C[C@H]1CCC[C@@H]1[C@](CN1CCC1)(c1cccc(F)c1)C1CCN(CC2(F)CN(c3ccc(S(=O)(=O)c4ccc(C(=O)NCC(C)(C)O)cc4)cc3)C2)CC1. The number of likely N-dealkylation sites (tertiary alicyclic amines) is 2. The van der Waals surface area contributed by atoms with Crippen LogP contribution in [0.15, 0.2) is 82.6 Å². The van der Waals surface area contributed by atoms with Crippen LogP contribution < -0.4 is 10.2 Å². The second kappa shape index (κ2) is 17.0. The standard InChI is InChI=1S/C45H58F2N4O6S/c1-43(2,54)27-48-42(53)32-11-15-38(16-12-32)58(55,56)39-17-13-37(14-18-39)51-29-44(47,30-51)28-50-23-19-34(20-24-50)45(31-49-21-6-22-49,35-8-5-9-36(46)26-35)40-10-4-7-33(40)25-41(52)57-3/h5,8-9,11-18,26,33-34,40,54H,4,6-7,10,19-25,27-31H2,1-3H3,(H,48,53)/t33-,40+,45+/m1/s1. The van der Waals surface area contributed by atoms with Crippen LogP contribution in [0.2, 0.25) is 0 Å². The average Bonchev–Trinajstić information content (AvgIpc) is 3.64. The first-order valence-corrected chi connectivity index (χ1v) is 22.2. The Hall–Kier alpha value is -3.91. The van der Waals surface area contributed by atoms with Crippen molar-refractivity contribution in [3.63, 3.8) is 0 Å². The molecule has 1 aliphatic carbocycles. The Balaban J connectivity index is 0.983. The van der Waals surface area contributed by atoms with Crippen molar-refractivity contribution >= 4 is 27.4 Å². The number of carbonyl (C=O) groups is 2. The number of piperidine rings is 1. The maximum absolute atomic E-state index is 16.3. The smallest absolute Gasteiger partial charge is 0.305 e. The predicted molar refractivity (Wildman–Crippen MR) is 219 cm³/mol. The number of sulfone groups is 1. The molecule has 13 heteroatoms. The summed E-state index contributed by atoms with van der Waals surface area (Å²) in [6.07, 6.45) is 6.22. The number of esters is 1. The summed E-state index contributed by atoms with van der Waals surface area (Å²) in [6, 6.07) is 19.3. The molecular formula is C45H58F2N4O6S. The number of anilines is 1. The molecule has 3 saturated heterocycles. The van der Waals surface area contributed by atoms with Crippen molar-refractivity contribution < 1.29 is 36.6 Å². The van der Waals surface area contributed by atoms with E-state index >= 15 is 8.78 Å². The number of alkyl halides is 1. The molecule has 1 saturated carbocycles. The van der Waals surface area contributed by atoms with Gasteiger partial charge in [-0.3, -0.25) is 14.5 Å². The van der Waals surface area contributed by atoms with Crippen LogP contribution in [0.5, 0.6) is 0 Å². The topological polar surface area (TPSA) is 119 Å². The van der Waals surface area contributed by atoms with Crippen molar-refractivity contribution in [1.29, 1.82) is 0 Å². The number of amides is 1. The van der Waals surface area contributed by atoms with E-state index < -0.39 is 27.0 Å². The number of aliphatic hydroxyl groups is 1. The van der Waals surface area contributed by atoms with Gasteiger partial charge in [-0.05, 0) is 156 Å². The fourth-order valence-corrected chi connectivity index (χ4v) is 11.4. The van der Waals surface area contributed by atoms with Crippen molar-refractivity contribution in [3.05, 3.63) is 89.7 Å². The first-order valence-electron chi connectivity index (χ1n) is 20.8. The molecule has 3 heterocycles. The molecular weight excluding hydrogens is 763 g/mol. The number of halogens is 2. The van der Waals surface area contributed by atoms with Gasteiger partial charge in [0.1, 0.15) is 5.82 Å². The summed E-state index contributed by atoms with van der Waals surface area (Å²) in [5.74, 6) is -0.221. The molecule has 0 spiro atoms. The van der Waals surface area contributed by atoms with E-state index in [0.29, 0.717) is 13.0 Å². The van der Waals surface area contributed by atoms with Crippen LogP contribution in [0.1, 0.15) is 74.7 Å². The lowest BCUT2D eigenvalue weighted by Gasteiger charge is -2.54. The lowest BCUT2D eigenvalue weighted by Crippen LogP contribution is -2.64. The zero-order chi connectivity index (χ0) is 41.3. The third-order valence-electron chi connectivity index (χ3n) is 13.2. The van der Waals surface area contributed by atoms with Gasteiger partial charge in [-0.1, -0.05) is 18.6 Å². The summed E-state index contributed by atoms with van der Waals surface area (Å²) in [4.78, 5) is 31.8. The third-order valence-corrected chi connectivity index (χ3v) is 15.0. The van der Waals surface area contributed by atoms with E-state index in [0.717, 1.165) is 82.5 Å². The van der Waals surface area contributed by atoms with Crippen LogP contribution in [-0.2, 0) is 24.8 Å². The van der Waals surface area contributed by atoms with Gasteiger partial charge in [0.2, 0.25) is 9.84 Å². The molecule has 314 valence electrons. The lowest BCUT2D eigenvalue weighted by molar-refractivity contribution is -0.142. The van der Waals surface area contributed by atoms with Gasteiger partial charge >= 0.3 is 5.97 Å². The van der Waals surface area contributed by atoms with E-state index in [1.165, 1.54) is 49.6 Å². The van der Waals surface area contributed by atoms with E-state index in [9.17, 15) is 23.1 Å². The molecule has 0 bridgehead atoms. The summed E-state index contributed by atoms with van der Waals surface area (Å²) in [5, 5.41) is 12.5. The predicted octanol–water partition coefficient (Wildman–Crippen LogP) is 6.02. The number of benzene rings is 3. The van der Waals surface area contributed by atoms with E-state index in [2.05, 4.69) is 21.2 Å². The summed E-state index contributed by atoms with van der Waals surface area (Å²) in [7, 11) is -2.41. The minimum atomic E-state index is -3.86. The van der Waals surface area contributed by atoms with Gasteiger partial charge in [-0.25, -0.2) is 17.2 Å². The quantitative estimate of drug-likeness (QED) is 0.178. The molecule has 0 aromatic heterocycles. The molecule has 7 rings (SSSR count). The summed E-state index contributed by atoms with van der Waals surface area (Å²) < 4.78 is 63.3. The second-order valence-electron chi connectivity index (χ2n) is 17.8. The Morgan fingerprint density at radius 2 is 1.55 bits per heavy atom. The van der Waals surface area contributed by atoms with E-state index in [1.54, 1.807) is 32.0 Å². The lowest BCUT2D eigenvalue weighted by atomic mass is 9.56. The highest BCUT2D eigenvalue weighted by Gasteiger charge is 2.53. The first kappa shape index (κ1) is 42.2. The summed E-state index contributed by atoms with van der Waals surface area (Å²) >= 11 is 0. The second-order valence-corrected chi connectivity index (χ2v) is 19.8. The maximum atomic E-state index is 16.3. The normalized spacial score (nSPS) is 22.8. The van der Waals surface area contributed by atoms with Crippen LogP contribution in [0, 0.1) is 23.6 Å². The molecule has 0 unspecified atom stereocenters. The average molecular weight is 821 g/mol. The van der Waals surface area contributed by atoms with Crippen molar-refractivity contribution in [1.82, 2.24) is 15.1 Å². The Kier molecular flexibility index (Phi) is 12.4. The van der Waals surface area contributed by atoms with Gasteiger partial charge < -0.3 is 25.0 Å². The van der Waals surface area contributed by atoms with Gasteiger partial charge in [0.15, 0.2) is 5.67 Å². The number of hydrogen-bond donors (Lipinski definition) is 2. The number of carbonyl (C=O) groups excluding carboxylic acids is 2. The minimum absolute atomic E-state index is 0.0489. The number of methoxy groups -OCH3 is 1. The Morgan fingerprint density at radius 3 is 2.14 bits per heavy atom. The zero-order valence-corrected chi connectivity index (χ0v) is 34.8. The van der Waals surface area contributed by atoms with Crippen LogP contribution in [0.4, 0.5) is 14.5 Å². The summed E-state index contributed by atoms with van der Waals surface area (Å²) in [5.41, 5.74) is -0.765. The van der Waals surface area contributed by atoms with E-state index in [4.69, 9.17) is 4.74 Å². The largest absolute Gasteiger partial charge is 0.469 e. The highest BCUT2D eigenvalue weighted by molar-refractivity contribution is 7.91. The Morgan fingerprint density at radius 1 is 0.897 bits per heavy atom. The Labute approximate surface area is 341 Å². The molecule has 2 N–H and O–H groups in total. The van der Waals surface area contributed by atoms with Gasteiger partial charge in [0, 0.05) is 42.7 Å². The van der Waals surface area contributed by atoms with Crippen LogP contribution in [-0.4, -0.2) is 112 Å². The van der Waals surface area contributed by atoms with Crippen molar-refractivity contribution in [2.24, 2.45) is 17.8 Å². The molecule has 1 amide bonds. The van der Waals surface area contributed by atoms with Crippen LogP contribution >= 0.6 is 0 Å². The fourth-order valence-electron chi connectivity index (χ4n) is 10.1. The highest BCUT2D eigenvalue weighted by atomic mass is 32.2. The molecule has 4 fully saturated rings.